The number of nitrogens with zero attached hydrogens (tertiary/aromatic N) is 1. The van der Waals surface area contributed by atoms with Crippen molar-refractivity contribution in [1.82, 2.24) is 15.3 Å². The minimum Gasteiger partial charge on any atom is -0.505 e. The minimum atomic E-state index is -0.524. The van der Waals surface area contributed by atoms with Crippen LogP contribution < -0.4 is 5.32 Å². The first-order valence-electron chi connectivity index (χ1n) is 9.70. The molecule has 5 nitrogen and oxygen atoms in total. The minimum absolute atomic E-state index is 0.0714. The number of carbonyl (C=O) groups is 1. The molecule has 0 aliphatic carbocycles. The van der Waals surface area contributed by atoms with Crippen LogP contribution in [0.5, 0.6) is 5.75 Å². The van der Waals surface area contributed by atoms with Crippen molar-refractivity contribution in [3.05, 3.63) is 108 Å². The summed E-state index contributed by atoms with van der Waals surface area (Å²) >= 11 is 0. The molecule has 1 unspecified atom stereocenters. The monoisotopic (exact) mass is 393 g/mol. The van der Waals surface area contributed by atoms with Crippen molar-refractivity contribution in [3.8, 4) is 5.75 Å². The van der Waals surface area contributed by atoms with E-state index in [1.165, 1.54) is 0 Å². The molecule has 146 valence electrons. The molecule has 1 atom stereocenters. The summed E-state index contributed by atoms with van der Waals surface area (Å²) in [6.07, 6.45) is 3.49. The normalized spacial score (nSPS) is 12.1. The van der Waals surface area contributed by atoms with E-state index in [1.54, 1.807) is 12.3 Å². The fraction of sp³-hybridized carbons (Fsp3) is 0.0400. The van der Waals surface area contributed by atoms with Crippen molar-refractivity contribution in [1.29, 1.82) is 0 Å². The number of phenols is 1. The molecule has 0 saturated carbocycles. The first-order chi connectivity index (χ1) is 14.7. The predicted molar refractivity (Wildman–Crippen MR) is 117 cm³/mol. The van der Waals surface area contributed by atoms with Gasteiger partial charge < -0.3 is 15.4 Å². The summed E-state index contributed by atoms with van der Waals surface area (Å²) in [5.41, 5.74) is 3.43. The fourth-order valence-electron chi connectivity index (χ4n) is 3.77. The van der Waals surface area contributed by atoms with Crippen LogP contribution in [0.25, 0.3) is 21.8 Å². The van der Waals surface area contributed by atoms with E-state index in [0.717, 1.165) is 21.9 Å². The Morgan fingerprint density at radius 1 is 0.933 bits per heavy atom. The van der Waals surface area contributed by atoms with Gasteiger partial charge in [-0.2, -0.15) is 0 Å². The molecule has 30 heavy (non-hydrogen) atoms. The van der Waals surface area contributed by atoms with Gasteiger partial charge in [-0.05, 0) is 35.2 Å². The summed E-state index contributed by atoms with van der Waals surface area (Å²) < 4.78 is 0. The number of phenolic OH excluding ortho intramolecular Hbond substituents is 1. The van der Waals surface area contributed by atoms with Gasteiger partial charge in [0, 0.05) is 34.4 Å². The van der Waals surface area contributed by atoms with Gasteiger partial charge in [-0.25, -0.2) is 0 Å². The van der Waals surface area contributed by atoms with Crippen LogP contribution in [0.4, 0.5) is 0 Å². The Kier molecular flexibility index (Phi) is 4.41. The molecule has 0 saturated heterocycles. The van der Waals surface area contributed by atoms with Crippen LogP contribution in [0, 0.1) is 0 Å². The average Bonchev–Trinajstić information content (AvgIpc) is 3.27. The maximum absolute atomic E-state index is 13.1. The van der Waals surface area contributed by atoms with Gasteiger partial charge in [-0.15, -0.1) is 0 Å². The highest BCUT2D eigenvalue weighted by Gasteiger charge is 2.22. The Balaban J connectivity index is 1.57. The van der Waals surface area contributed by atoms with Gasteiger partial charge in [0.1, 0.15) is 11.3 Å². The second-order valence-corrected chi connectivity index (χ2v) is 7.18. The van der Waals surface area contributed by atoms with E-state index < -0.39 is 6.04 Å². The number of H-pyrrole nitrogens is 1. The lowest BCUT2D eigenvalue weighted by Crippen LogP contribution is -2.29. The lowest BCUT2D eigenvalue weighted by atomic mass is 9.96. The average molecular weight is 393 g/mol. The fourth-order valence-corrected chi connectivity index (χ4v) is 3.77. The third-order valence-corrected chi connectivity index (χ3v) is 5.32. The SMILES string of the molecule is O=C(NC(c1ccccc1)c1ccc2cccnc2c1O)c1ccc2cc[nH]c2c1. The number of nitrogens with one attached hydrogen (secondary N) is 2. The number of carbonyl (C=O) groups excluding carboxylic acids is 1. The quantitative estimate of drug-likeness (QED) is 0.405. The number of fused-ring (bicyclic) bond motifs is 2. The molecule has 3 N–H and O–H groups in total. The van der Waals surface area contributed by atoms with Crippen LogP contribution in [0.15, 0.2) is 91.3 Å². The molecule has 0 bridgehead atoms. The number of aromatic hydroxyl groups is 1. The molecular weight excluding hydrogens is 374 g/mol. The van der Waals surface area contributed by atoms with Crippen molar-refractivity contribution >= 4 is 27.7 Å². The molecule has 2 heterocycles. The largest absolute Gasteiger partial charge is 0.505 e. The summed E-state index contributed by atoms with van der Waals surface area (Å²) in [5.74, 6) is -0.150. The highest BCUT2D eigenvalue weighted by atomic mass is 16.3. The van der Waals surface area contributed by atoms with Gasteiger partial charge in [-0.1, -0.05) is 54.6 Å². The van der Waals surface area contributed by atoms with Gasteiger partial charge in [0.05, 0.1) is 6.04 Å². The summed E-state index contributed by atoms with van der Waals surface area (Å²) in [6, 6.07) is 24.1. The first kappa shape index (κ1) is 17.9. The number of hydrogen-bond acceptors (Lipinski definition) is 3. The van der Waals surface area contributed by atoms with Crippen molar-refractivity contribution in [3.63, 3.8) is 0 Å². The molecule has 0 aliphatic heterocycles. The maximum atomic E-state index is 13.1. The Labute approximate surface area is 173 Å². The Morgan fingerprint density at radius 2 is 1.77 bits per heavy atom. The summed E-state index contributed by atoms with van der Waals surface area (Å²) in [5, 5.41) is 15.9. The van der Waals surface area contributed by atoms with E-state index in [-0.39, 0.29) is 11.7 Å². The molecule has 3 aromatic carbocycles. The van der Waals surface area contributed by atoms with Gasteiger partial charge in [0.2, 0.25) is 0 Å². The van der Waals surface area contributed by atoms with Crippen molar-refractivity contribution in [2.24, 2.45) is 0 Å². The van der Waals surface area contributed by atoms with Gasteiger partial charge in [0.25, 0.3) is 5.91 Å². The molecular formula is C25H19N3O2. The lowest BCUT2D eigenvalue weighted by Gasteiger charge is -2.21. The van der Waals surface area contributed by atoms with Gasteiger partial charge in [0.15, 0.2) is 0 Å². The number of pyridine rings is 1. The zero-order valence-corrected chi connectivity index (χ0v) is 16.0. The standard InChI is InChI=1S/C25H19N3O2/c29-24-20(11-10-18-7-4-13-27-23(18)24)22(17-5-2-1-3-6-17)28-25(30)19-9-8-16-12-14-26-21(16)15-19/h1-15,22,26,29H,(H,28,30). The number of aromatic nitrogens is 2. The molecule has 0 aliphatic rings. The zero-order chi connectivity index (χ0) is 20.5. The van der Waals surface area contributed by atoms with E-state index >= 15 is 0 Å². The Morgan fingerprint density at radius 3 is 2.63 bits per heavy atom. The summed E-state index contributed by atoms with van der Waals surface area (Å²) in [7, 11) is 0. The molecule has 0 spiro atoms. The van der Waals surface area contributed by atoms with Crippen LogP contribution in [0.2, 0.25) is 0 Å². The maximum Gasteiger partial charge on any atom is 0.252 e. The number of benzene rings is 3. The number of hydrogen-bond donors (Lipinski definition) is 3. The van der Waals surface area contributed by atoms with E-state index in [2.05, 4.69) is 15.3 Å². The topological polar surface area (TPSA) is 78.0 Å². The molecule has 5 heteroatoms. The van der Waals surface area contributed by atoms with E-state index in [4.69, 9.17) is 0 Å². The summed E-state index contributed by atoms with van der Waals surface area (Å²) in [4.78, 5) is 20.6. The molecule has 5 aromatic rings. The molecule has 0 radical (unpaired) electrons. The van der Waals surface area contributed by atoms with E-state index in [0.29, 0.717) is 16.6 Å². The lowest BCUT2D eigenvalue weighted by molar-refractivity contribution is 0.0943. The van der Waals surface area contributed by atoms with E-state index in [1.807, 2.05) is 79.0 Å². The number of aromatic amines is 1. The summed E-state index contributed by atoms with van der Waals surface area (Å²) in [6.45, 7) is 0. The van der Waals surface area contributed by atoms with Crippen LogP contribution >= 0.6 is 0 Å². The third kappa shape index (κ3) is 3.16. The van der Waals surface area contributed by atoms with E-state index in [9.17, 15) is 9.90 Å². The van der Waals surface area contributed by atoms with Crippen LogP contribution in [0.3, 0.4) is 0 Å². The smallest absolute Gasteiger partial charge is 0.252 e. The third-order valence-electron chi connectivity index (χ3n) is 5.32. The first-order valence-corrected chi connectivity index (χ1v) is 9.70. The second-order valence-electron chi connectivity index (χ2n) is 7.18. The number of amides is 1. The van der Waals surface area contributed by atoms with Crippen LogP contribution in [0.1, 0.15) is 27.5 Å². The molecule has 2 aromatic heterocycles. The van der Waals surface area contributed by atoms with Gasteiger partial charge >= 0.3 is 0 Å². The Bertz CT molecular complexity index is 1360. The van der Waals surface area contributed by atoms with Crippen LogP contribution in [-0.2, 0) is 0 Å². The number of rotatable bonds is 4. The highest BCUT2D eigenvalue weighted by Crippen LogP contribution is 2.34. The van der Waals surface area contributed by atoms with Gasteiger partial charge in [-0.3, -0.25) is 9.78 Å². The van der Waals surface area contributed by atoms with Crippen LogP contribution in [-0.4, -0.2) is 21.0 Å². The molecule has 5 rings (SSSR count). The van der Waals surface area contributed by atoms with Crippen molar-refractivity contribution < 1.29 is 9.90 Å². The molecule has 0 fully saturated rings. The predicted octanol–water partition coefficient (Wildman–Crippen LogP) is 4.94. The highest BCUT2D eigenvalue weighted by molar-refractivity contribution is 5.98. The Hall–Kier alpha value is -4.12. The second kappa shape index (κ2) is 7.37. The molecule has 1 amide bonds. The van der Waals surface area contributed by atoms with Crippen molar-refractivity contribution in [2.75, 3.05) is 0 Å². The van der Waals surface area contributed by atoms with Crippen molar-refractivity contribution in [2.45, 2.75) is 6.04 Å². The zero-order valence-electron chi connectivity index (χ0n) is 16.0.